The number of carbonyl (C=O) groups is 1. The lowest BCUT2D eigenvalue weighted by atomic mass is 10.1. The number of hydrogen-bond donors (Lipinski definition) is 1. The monoisotopic (exact) mass is 454 g/mol. The molecule has 0 fully saturated rings. The van der Waals surface area contributed by atoms with Crippen LogP contribution in [0.3, 0.4) is 0 Å². The maximum absolute atomic E-state index is 13.0. The molecule has 0 radical (unpaired) electrons. The Kier molecular flexibility index (Phi) is 6.72. The predicted octanol–water partition coefficient (Wildman–Crippen LogP) is 5.68. The lowest BCUT2D eigenvalue weighted by Crippen LogP contribution is -2.15. The van der Waals surface area contributed by atoms with E-state index < -0.39 is 22.7 Å². The molecule has 0 aliphatic heterocycles. The largest absolute Gasteiger partial charge is 0.417 e. The van der Waals surface area contributed by atoms with Gasteiger partial charge in [-0.25, -0.2) is 0 Å². The number of aromatic nitrogens is 3. The first-order valence-corrected chi connectivity index (χ1v) is 10.3. The number of anilines is 1. The van der Waals surface area contributed by atoms with Gasteiger partial charge in [-0.05, 0) is 32.0 Å². The smallest absolute Gasteiger partial charge is 0.325 e. The summed E-state index contributed by atoms with van der Waals surface area (Å²) in [5.74, 6) is 0.196. The van der Waals surface area contributed by atoms with E-state index in [0.29, 0.717) is 17.5 Å². The second-order valence-corrected chi connectivity index (χ2v) is 7.80. The number of thioether (sulfide) groups is 1. The van der Waals surface area contributed by atoms with Gasteiger partial charge in [0.05, 0.1) is 16.3 Å². The number of amides is 1. The summed E-state index contributed by atoms with van der Waals surface area (Å²) in [6.45, 7) is 4.54. The molecular formula is C20H18ClF3N4OS. The van der Waals surface area contributed by atoms with Gasteiger partial charge in [0.15, 0.2) is 11.0 Å². The minimum absolute atomic E-state index is 0.0228. The van der Waals surface area contributed by atoms with Crippen LogP contribution in [-0.2, 0) is 17.5 Å². The molecule has 1 amide bonds. The van der Waals surface area contributed by atoms with E-state index in [2.05, 4.69) is 15.5 Å². The normalized spacial score (nSPS) is 11.5. The molecule has 30 heavy (non-hydrogen) atoms. The van der Waals surface area contributed by atoms with Gasteiger partial charge in [0.1, 0.15) is 0 Å². The first kappa shape index (κ1) is 22.2. The van der Waals surface area contributed by atoms with Crippen molar-refractivity contribution in [2.75, 3.05) is 11.1 Å². The Bertz CT molecular complexity index is 1050. The summed E-state index contributed by atoms with van der Waals surface area (Å²) in [6, 6.07) is 11.1. The molecule has 1 heterocycles. The van der Waals surface area contributed by atoms with Crippen molar-refractivity contribution < 1.29 is 18.0 Å². The number of benzene rings is 2. The van der Waals surface area contributed by atoms with Crippen LogP contribution in [0.2, 0.25) is 5.02 Å². The quantitative estimate of drug-likeness (QED) is 0.487. The summed E-state index contributed by atoms with van der Waals surface area (Å²) < 4.78 is 40.8. The molecule has 1 aromatic heterocycles. The number of nitrogens with one attached hydrogen (secondary N) is 1. The highest BCUT2D eigenvalue weighted by atomic mass is 35.5. The van der Waals surface area contributed by atoms with Crippen LogP contribution in [0.25, 0.3) is 11.4 Å². The molecule has 0 saturated carbocycles. The molecule has 3 aromatic rings. The van der Waals surface area contributed by atoms with Gasteiger partial charge in [-0.2, -0.15) is 13.2 Å². The maximum atomic E-state index is 13.0. The number of aryl methyl sites for hydroxylation is 1. The second-order valence-electron chi connectivity index (χ2n) is 6.45. The van der Waals surface area contributed by atoms with Crippen LogP contribution in [0.4, 0.5) is 18.9 Å². The van der Waals surface area contributed by atoms with Crippen molar-refractivity contribution in [1.82, 2.24) is 14.8 Å². The molecule has 3 rings (SSSR count). The van der Waals surface area contributed by atoms with E-state index in [-0.39, 0.29) is 11.4 Å². The number of rotatable bonds is 6. The zero-order chi connectivity index (χ0) is 21.9. The van der Waals surface area contributed by atoms with E-state index in [9.17, 15) is 18.0 Å². The molecule has 158 valence electrons. The van der Waals surface area contributed by atoms with Crippen LogP contribution in [-0.4, -0.2) is 26.4 Å². The van der Waals surface area contributed by atoms with E-state index in [4.69, 9.17) is 11.6 Å². The fourth-order valence-electron chi connectivity index (χ4n) is 2.74. The first-order chi connectivity index (χ1) is 14.2. The van der Waals surface area contributed by atoms with Crippen molar-refractivity contribution in [1.29, 1.82) is 0 Å². The summed E-state index contributed by atoms with van der Waals surface area (Å²) in [7, 11) is 0. The third kappa shape index (κ3) is 5.14. The van der Waals surface area contributed by atoms with Gasteiger partial charge in [-0.15, -0.1) is 10.2 Å². The van der Waals surface area contributed by atoms with E-state index in [0.717, 1.165) is 35.0 Å². The Morgan fingerprint density at radius 1 is 1.17 bits per heavy atom. The van der Waals surface area contributed by atoms with Crippen LogP contribution < -0.4 is 5.32 Å². The van der Waals surface area contributed by atoms with Gasteiger partial charge in [0.25, 0.3) is 0 Å². The van der Waals surface area contributed by atoms with E-state index in [1.165, 1.54) is 6.07 Å². The van der Waals surface area contributed by atoms with Gasteiger partial charge in [-0.1, -0.05) is 53.2 Å². The van der Waals surface area contributed by atoms with E-state index >= 15 is 0 Å². The fourth-order valence-corrected chi connectivity index (χ4v) is 3.77. The molecule has 0 unspecified atom stereocenters. The summed E-state index contributed by atoms with van der Waals surface area (Å²) in [4.78, 5) is 12.2. The molecule has 0 saturated heterocycles. The van der Waals surface area contributed by atoms with Gasteiger partial charge in [0.2, 0.25) is 5.91 Å². The van der Waals surface area contributed by atoms with Gasteiger partial charge >= 0.3 is 6.18 Å². The molecule has 5 nitrogen and oxygen atoms in total. The molecule has 0 atom stereocenters. The highest BCUT2D eigenvalue weighted by Crippen LogP contribution is 2.36. The zero-order valence-electron chi connectivity index (χ0n) is 16.1. The van der Waals surface area contributed by atoms with Crippen molar-refractivity contribution in [3.8, 4) is 11.4 Å². The standard InChI is InChI=1S/C20H18ClF3N4OS/c1-3-28-18(13-6-4-12(2)5-7-13)26-27-19(28)30-11-17(29)25-14-8-9-16(21)15(10-14)20(22,23)24/h4-10H,3,11H2,1-2H3,(H,25,29). The SMILES string of the molecule is CCn1c(SCC(=O)Nc2ccc(Cl)c(C(F)(F)F)c2)nnc1-c1ccc(C)cc1. The first-order valence-electron chi connectivity index (χ1n) is 8.98. The van der Waals surface area contributed by atoms with Crippen molar-refractivity contribution in [3.05, 3.63) is 58.6 Å². The van der Waals surface area contributed by atoms with Crippen LogP contribution in [0.1, 0.15) is 18.1 Å². The van der Waals surface area contributed by atoms with Gasteiger partial charge in [-0.3, -0.25) is 4.79 Å². The molecule has 10 heteroatoms. The number of halogens is 4. The fraction of sp³-hybridized carbons (Fsp3) is 0.250. The minimum atomic E-state index is -4.60. The molecule has 0 bridgehead atoms. The van der Waals surface area contributed by atoms with Crippen LogP contribution in [0.5, 0.6) is 0 Å². The molecule has 1 N–H and O–H groups in total. The topological polar surface area (TPSA) is 59.8 Å². The summed E-state index contributed by atoms with van der Waals surface area (Å²) in [5, 5.41) is 11.0. The minimum Gasteiger partial charge on any atom is -0.325 e. The summed E-state index contributed by atoms with van der Waals surface area (Å²) >= 11 is 6.76. The van der Waals surface area contributed by atoms with Crippen molar-refractivity contribution >= 4 is 35.0 Å². The number of hydrogen-bond acceptors (Lipinski definition) is 4. The average molecular weight is 455 g/mol. The van der Waals surface area contributed by atoms with Crippen LogP contribution >= 0.6 is 23.4 Å². The third-order valence-electron chi connectivity index (χ3n) is 4.23. The number of alkyl halides is 3. The average Bonchev–Trinajstić information content (AvgIpc) is 3.10. The zero-order valence-corrected chi connectivity index (χ0v) is 17.7. The van der Waals surface area contributed by atoms with Crippen molar-refractivity contribution in [2.24, 2.45) is 0 Å². The Labute approximate surface area is 180 Å². The van der Waals surface area contributed by atoms with Crippen LogP contribution in [0.15, 0.2) is 47.6 Å². The highest BCUT2D eigenvalue weighted by molar-refractivity contribution is 7.99. The maximum Gasteiger partial charge on any atom is 0.417 e. The second kappa shape index (κ2) is 9.09. The van der Waals surface area contributed by atoms with Crippen molar-refractivity contribution in [2.45, 2.75) is 31.7 Å². The van der Waals surface area contributed by atoms with Gasteiger partial charge in [0, 0.05) is 17.8 Å². The van der Waals surface area contributed by atoms with Crippen LogP contribution in [0, 0.1) is 6.92 Å². The molecule has 2 aromatic carbocycles. The molecule has 0 aliphatic rings. The van der Waals surface area contributed by atoms with E-state index in [1.54, 1.807) is 0 Å². The summed E-state index contributed by atoms with van der Waals surface area (Å²) in [6.07, 6.45) is -4.60. The molecule has 0 spiro atoms. The number of nitrogens with zero attached hydrogens (tertiary/aromatic N) is 3. The Morgan fingerprint density at radius 2 is 1.87 bits per heavy atom. The predicted molar refractivity (Wildman–Crippen MR) is 112 cm³/mol. The Balaban J connectivity index is 1.69. The Morgan fingerprint density at radius 3 is 2.50 bits per heavy atom. The number of carbonyl (C=O) groups excluding carboxylic acids is 1. The van der Waals surface area contributed by atoms with E-state index in [1.807, 2.05) is 42.7 Å². The summed E-state index contributed by atoms with van der Waals surface area (Å²) in [5.41, 5.74) is 1.06. The lowest BCUT2D eigenvalue weighted by Gasteiger charge is -2.12. The lowest BCUT2D eigenvalue weighted by molar-refractivity contribution is -0.137. The molecular weight excluding hydrogens is 437 g/mol. The van der Waals surface area contributed by atoms with Crippen molar-refractivity contribution in [3.63, 3.8) is 0 Å². The third-order valence-corrected chi connectivity index (χ3v) is 5.53. The Hall–Kier alpha value is -2.52. The molecule has 0 aliphatic carbocycles. The van der Waals surface area contributed by atoms with Gasteiger partial charge < -0.3 is 9.88 Å². The highest BCUT2D eigenvalue weighted by Gasteiger charge is 2.33.